The van der Waals surface area contributed by atoms with E-state index < -0.39 is 17.2 Å². The standard InChI is InChI=1S/C19H35N5O2/c1-8-19(9-2,23-17(25)26-18(3,4)5)14-22-16(20-6)21-12-15-10-11-24(7)13-15/h10-11,13H,8-9,12,14H2,1-7H3,(H,23,25)(H2,20,21,22). The molecule has 0 aliphatic heterocycles. The molecule has 0 saturated carbocycles. The smallest absolute Gasteiger partial charge is 0.408 e. The highest BCUT2D eigenvalue weighted by molar-refractivity contribution is 5.79. The SMILES string of the molecule is CCC(CC)(CNC(=NC)NCc1ccn(C)c1)NC(=O)OC(C)(C)C. The van der Waals surface area contributed by atoms with Crippen LogP contribution in [0, 0.1) is 0 Å². The molecule has 0 bridgehead atoms. The van der Waals surface area contributed by atoms with Crippen molar-refractivity contribution < 1.29 is 9.53 Å². The van der Waals surface area contributed by atoms with Crippen LogP contribution in [0.3, 0.4) is 0 Å². The van der Waals surface area contributed by atoms with E-state index in [4.69, 9.17) is 4.74 Å². The van der Waals surface area contributed by atoms with Gasteiger partial charge >= 0.3 is 6.09 Å². The minimum absolute atomic E-state index is 0.393. The van der Waals surface area contributed by atoms with Crippen LogP contribution in [0.4, 0.5) is 4.79 Å². The zero-order valence-electron chi connectivity index (χ0n) is 17.3. The van der Waals surface area contributed by atoms with E-state index in [0.29, 0.717) is 19.0 Å². The van der Waals surface area contributed by atoms with Crippen molar-refractivity contribution in [2.75, 3.05) is 13.6 Å². The van der Waals surface area contributed by atoms with Crippen molar-refractivity contribution in [1.82, 2.24) is 20.5 Å². The first-order valence-electron chi connectivity index (χ1n) is 9.19. The van der Waals surface area contributed by atoms with Crippen molar-refractivity contribution in [3.8, 4) is 0 Å². The van der Waals surface area contributed by atoms with E-state index in [1.165, 1.54) is 5.56 Å². The van der Waals surface area contributed by atoms with Crippen LogP contribution in [0.25, 0.3) is 0 Å². The molecular weight excluding hydrogens is 330 g/mol. The van der Waals surface area contributed by atoms with Crippen LogP contribution in [-0.4, -0.2) is 41.4 Å². The number of alkyl carbamates (subject to hydrolysis) is 1. The molecule has 1 heterocycles. The molecule has 26 heavy (non-hydrogen) atoms. The molecule has 0 aliphatic carbocycles. The zero-order chi connectivity index (χ0) is 19.8. The number of ether oxygens (including phenoxy) is 1. The highest BCUT2D eigenvalue weighted by Crippen LogP contribution is 2.16. The number of hydrogen-bond donors (Lipinski definition) is 3. The van der Waals surface area contributed by atoms with Crippen LogP contribution >= 0.6 is 0 Å². The Bertz CT molecular complexity index is 597. The lowest BCUT2D eigenvalue weighted by Gasteiger charge is -2.34. The van der Waals surface area contributed by atoms with Gasteiger partial charge in [-0.25, -0.2) is 4.79 Å². The first kappa shape index (κ1) is 21.9. The van der Waals surface area contributed by atoms with Gasteiger partial charge in [-0.1, -0.05) is 13.8 Å². The normalized spacial score (nSPS) is 12.7. The Morgan fingerprint density at radius 2 is 1.88 bits per heavy atom. The van der Waals surface area contributed by atoms with Gasteiger partial charge in [0.2, 0.25) is 0 Å². The molecule has 0 aliphatic rings. The lowest BCUT2D eigenvalue weighted by molar-refractivity contribution is 0.0448. The number of aryl methyl sites for hydroxylation is 1. The summed E-state index contributed by atoms with van der Waals surface area (Å²) in [5.41, 5.74) is 0.268. The monoisotopic (exact) mass is 365 g/mol. The van der Waals surface area contributed by atoms with Crippen LogP contribution in [-0.2, 0) is 18.3 Å². The summed E-state index contributed by atoms with van der Waals surface area (Å²) < 4.78 is 7.42. The first-order chi connectivity index (χ1) is 12.1. The molecule has 7 nitrogen and oxygen atoms in total. The van der Waals surface area contributed by atoms with Crippen molar-refractivity contribution in [1.29, 1.82) is 0 Å². The molecule has 0 fully saturated rings. The second kappa shape index (κ2) is 9.50. The molecule has 3 N–H and O–H groups in total. The van der Waals surface area contributed by atoms with Crippen molar-refractivity contribution in [3.63, 3.8) is 0 Å². The number of amides is 1. The van der Waals surface area contributed by atoms with Crippen molar-refractivity contribution in [2.24, 2.45) is 12.0 Å². The Kier molecular flexibility index (Phi) is 7.99. The Hall–Kier alpha value is -2.18. The molecule has 1 aromatic rings. The molecule has 148 valence electrons. The molecule has 0 atom stereocenters. The second-order valence-corrected chi connectivity index (χ2v) is 7.58. The van der Waals surface area contributed by atoms with Gasteiger partial charge in [0.25, 0.3) is 0 Å². The van der Waals surface area contributed by atoms with E-state index >= 15 is 0 Å². The fraction of sp³-hybridized carbons (Fsp3) is 0.684. The number of nitrogens with zero attached hydrogens (tertiary/aromatic N) is 2. The van der Waals surface area contributed by atoms with E-state index in [0.717, 1.165) is 12.8 Å². The first-order valence-corrected chi connectivity index (χ1v) is 9.19. The number of guanidine groups is 1. The minimum Gasteiger partial charge on any atom is -0.444 e. The Morgan fingerprint density at radius 1 is 1.23 bits per heavy atom. The Balaban J connectivity index is 2.62. The Labute approximate surface area is 157 Å². The summed E-state index contributed by atoms with van der Waals surface area (Å²) in [5, 5.41) is 9.65. The van der Waals surface area contributed by atoms with Gasteiger partial charge in [-0.2, -0.15) is 0 Å². The van der Waals surface area contributed by atoms with E-state index in [-0.39, 0.29) is 0 Å². The number of carbonyl (C=O) groups is 1. The molecule has 7 heteroatoms. The summed E-state index contributed by atoms with van der Waals surface area (Å²) in [7, 11) is 3.73. The molecule has 0 spiro atoms. The number of aliphatic imine (C=N–C) groups is 1. The lowest BCUT2D eigenvalue weighted by atomic mass is 9.93. The molecular formula is C19H35N5O2. The van der Waals surface area contributed by atoms with Crippen molar-refractivity contribution in [2.45, 2.75) is 65.1 Å². The van der Waals surface area contributed by atoms with Gasteiger partial charge < -0.3 is 25.3 Å². The minimum atomic E-state index is -0.516. The second-order valence-electron chi connectivity index (χ2n) is 7.58. The third-order valence-corrected chi connectivity index (χ3v) is 4.29. The molecule has 0 unspecified atom stereocenters. The number of hydrogen-bond acceptors (Lipinski definition) is 3. The van der Waals surface area contributed by atoms with Crippen LogP contribution < -0.4 is 16.0 Å². The maximum atomic E-state index is 12.2. The topological polar surface area (TPSA) is 79.7 Å². The number of nitrogens with one attached hydrogen (secondary N) is 3. The summed E-state index contributed by atoms with van der Waals surface area (Å²) >= 11 is 0. The van der Waals surface area contributed by atoms with Crippen LogP contribution in [0.15, 0.2) is 23.5 Å². The summed E-state index contributed by atoms with van der Waals surface area (Å²) in [4.78, 5) is 16.5. The van der Waals surface area contributed by atoms with E-state index in [1.54, 1.807) is 7.05 Å². The summed E-state index contributed by atoms with van der Waals surface area (Å²) in [6.07, 6.45) is 5.25. The van der Waals surface area contributed by atoms with Gasteiger partial charge in [-0.15, -0.1) is 0 Å². The fourth-order valence-corrected chi connectivity index (χ4v) is 2.57. The van der Waals surface area contributed by atoms with Gasteiger partial charge in [0.15, 0.2) is 5.96 Å². The molecule has 1 rings (SSSR count). The van der Waals surface area contributed by atoms with E-state index in [1.807, 2.05) is 38.6 Å². The van der Waals surface area contributed by atoms with Crippen molar-refractivity contribution in [3.05, 3.63) is 24.0 Å². The van der Waals surface area contributed by atoms with Crippen LogP contribution in [0.5, 0.6) is 0 Å². The number of rotatable bonds is 7. The molecule has 1 amide bonds. The number of carbonyl (C=O) groups excluding carboxylic acids is 1. The molecule has 0 radical (unpaired) electrons. The van der Waals surface area contributed by atoms with Gasteiger partial charge in [-0.3, -0.25) is 4.99 Å². The van der Waals surface area contributed by atoms with E-state index in [2.05, 4.69) is 47.1 Å². The Morgan fingerprint density at radius 3 is 2.35 bits per heavy atom. The van der Waals surface area contributed by atoms with Gasteiger partial charge in [0.1, 0.15) is 5.60 Å². The maximum Gasteiger partial charge on any atom is 0.408 e. The fourth-order valence-electron chi connectivity index (χ4n) is 2.57. The van der Waals surface area contributed by atoms with Gasteiger partial charge in [0, 0.05) is 39.6 Å². The molecule has 1 aromatic heterocycles. The summed E-state index contributed by atoms with van der Waals surface area (Å²) in [6.45, 7) is 10.9. The van der Waals surface area contributed by atoms with Gasteiger partial charge in [-0.05, 0) is 45.2 Å². The average Bonchev–Trinajstić information content (AvgIpc) is 2.97. The van der Waals surface area contributed by atoms with Crippen LogP contribution in [0.2, 0.25) is 0 Å². The third kappa shape index (κ3) is 7.37. The molecule has 0 aromatic carbocycles. The quantitative estimate of drug-likeness (QED) is 0.513. The highest BCUT2D eigenvalue weighted by Gasteiger charge is 2.30. The maximum absolute atomic E-state index is 12.2. The predicted octanol–water partition coefficient (Wildman–Crippen LogP) is 2.77. The number of aromatic nitrogens is 1. The lowest BCUT2D eigenvalue weighted by Crippen LogP contribution is -2.57. The third-order valence-electron chi connectivity index (χ3n) is 4.29. The average molecular weight is 366 g/mol. The van der Waals surface area contributed by atoms with Crippen LogP contribution in [0.1, 0.15) is 53.0 Å². The predicted molar refractivity (Wildman–Crippen MR) is 106 cm³/mol. The largest absolute Gasteiger partial charge is 0.444 e. The zero-order valence-corrected chi connectivity index (χ0v) is 17.3. The summed E-state index contributed by atoms with van der Waals surface area (Å²) in [5.74, 6) is 0.700. The highest BCUT2D eigenvalue weighted by atomic mass is 16.6. The van der Waals surface area contributed by atoms with Gasteiger partial charge in [0.05, 0.1) is 5.54 Å². The van der Waals surface area contributed by atoms with Crippen molar-refractivity contribution >= 4 is 12.1 Å². The van der Waals surface area contributed by atoms with E-state index in [9.17, 15) is 4.79 Å². The summed E-state index contributed by atoms with van der Waals surface area (Å²) in [6, 6.07) is 2.06. The molecule has 0 saturated heterocycles.